The topological polar surface area (TPSA) is 88.7 Å². The molecule has 0 aliphatic carbocycles. The number of morpholine rings is 1. The molecule has 1 fully saturated rings. The second kappa shape index (κ2) is 6.63. The van der Waals surface area contributed by atoms with Gasteiger partial charge in [0.05, 0.1) is 26.2 Å². The van der Waals surface area contributed by atoms with E-state index in [-0.39, 0.29) is 12.5 Å². The van der Waals surface area contributed by atoms with Gasteiger partial charge in [-0.2, -0.15) is 4.98 Å². The van der Waals surface area contributed by atoms with Crippen LogP contribution in [-0.4, -0.2) is 51.9 Å². The molecule has 1 aromatic heterocycles. The molecule has 1 unspecified atom stereocenters. The zero-order valence-corrected chi connectivity index (χ0v) is 11.0. The number of carboxylic acids is 1. The van der Waals surface area contributed by atoms with Crippen LogP contribution in [0.3, 0.4) is 0 Å². The lowest BCUT2D eigenvalue weighted by atomic mass is 10.1. The number of carbonyl (C=O) groups is 1. The van der Waals surface area contributed by atoms with E-state index in [4.69, 9.17) is 14.4 Å². The van der Waals surface area contributed by atoms with Gasteiger partial charge in [0.1, 0.15) is 0 Å². The lowest BCUT2D eigenvalue weighted by molar-refractivity contribution is -0.140. The van der Waals surface area contributed by atoms with Gasteiger partial charge in [0.25, 0.3) is 0 Å². The first-order valence-electron chi connectivity index (χ1n) is 6.54. The lowest BCUT2D eigenvalue weighted by Gasteiger charge is -2.33. The van der Waals surface area contributed by atoms with Gasteiger partial charge in [0, 0.05) is 19.0 Å². The highest BCUT2D eigenvalue weighted by atomic mass is 16.5. The van der Waals surface area contributed by atoms with E-state index in [0.29, 0.717) is 38.0 Å². The van der Waals surface area contributed by atoms with Gasteiger partial charge in [-0.1, -0.05) is 12.1 Å². The zero-order chi connectivity index (χ0) is 13.7. The van der Waals surface area contributed by atoms with Crippen molar-refractivity contribution in [3.05, 3.63) is 11.7 Å². The third-order valence-electron chi connectivity index (χ3n) is 3.08. The first-order valence-corrected chi connectivity index (χ1v) is 6.54. The van der Waals surface area contributed by atoms with Crippen LogP contribution in [0.4, 0.5) is 0 Å². The smallest absolute Gasteiger partial charge is 0.305 e. The van der Waals surface area contributed by atoms with Crippen molar-refractivity contribution in [3.63, 3.8) is 0 Å². The van der Waals surface area contributed by atoms with Gasteiger partial charge in [-0.15, -0.1) is 0 Å². The molecule has 1 N–H and O–H groups in total. The SMILES string of the molecule is CCCc1nc(CN2CCOCC2CC(=O)O)no1. The fourth-order valence-corrected chi connectivity index (χ4v) is 2.14. The average Bonchev–Trinajstić information content (AvgIpc) is 2.79. The molecule has 1 aromatic rings. The number of hydrogen-bond donors (Lipinski definition) is 1. The van der Waals surface area contributed by atoms with E-state index in [1.165, 1.54) is 0 Å². The van der Waals surface area contributed by atoms with Crippen LogP contribution in [0.15, 0.2) is 4.52 Å². The number of hydrogen-bond acceptors (Lipinski definition) is 6. The molecule has 1 aliphatic rings. The van der Waals surface area contributed by atoms with Gasteiger partial charge in [0.15, 0.2) is 5.82 Å². The van der Waals surface area contributed by atoms with Crippen LogP contribution in [-0.2, 0) is 22.5 Å². The lowest BCUT2D eigenvalue weighted by Crippen LogP contribution is -2.46. The van der Waals surface area contributed by atoms with Crippen LogP contribution in [0.2, 0.25) is 0 Å². The van der Waals surface area contributed by atoms with Crippen molar-refractivity contribution in [2.75, 3.05) is 19.8 Å². The van der Waals surface area contributed by atoms with Gasteiger partial charge in [-0.25, -0.2) is 0 Å². The molecule has 7 nitrogen and oxygen atoms in total. The molecule has 2 heterocycles. The van der Waals surface area contributed by atoms with Gasteiger partial charge < -0.3 is 14.4 Å². The third-order valence-corrected chi connectivity index (χ3v) is 3.08. The molecular weight excluding hydrogens is 250 g/mol. The highest BCUT2D eigenvalue weighted by Gasteiger charge is 2.26. The highest BCUT2D eigenvalue weighted by molar-refractivity contribution is 5.67. The molecular formula is C12H19N3O4. The van der Waals surface area contributed by atoms with E-state index >= 15 is 0 Å². The Morgan fingerprint density at radius 3 is 3.16 bits per heavy atom. The first kappa shape index (κ1) is 14.0. The van der Waals surface area contributed by atoms with Gasteiger partial charge in [0.2, 0.25) is 5.89 Å². The minimum absolute atomic E-state index is 0.0691. The van der Waals surface area contributed by atoms with Crippen LogP contribution < -0.4 is 0 Å². The van der Waals surface area contributed by atoms with Crippen LogP contribution in [0.25, 0.3) is 0 Å². The molecule has 0 bridgehead atoms. The minimum Gasteiger partial charge on any atom is -0.481 e. The Kier molecular flexibility index (Phi) is 4.86. The number of ether oxygens (including phenoxy) is 1. The minimum atomic E-state index is -0.819. The number of rotatable bonds is 6. The van der Waals surface area contributed by atoms with Gasteiger partial charge >= 0.3 is 5.97 Å². The molecule has 2 rings (SSSR count). The molecule has 106 valence electrons. The average molecular weight is 269 g/mol. The van der Waals surface area contributed by atoms with Crippen molar-refractivity contribution >= 4 is 5.97 Å². The summed E-state index contributed by atoms with van der Waals surface area (Å²) >= 11 is 0. The Balaban J connectivity index is 1.95. The van der Waals surface area contributed by atoms with Crippen molar-refractivity contribution in [3.8, 4) is 0 Å². The summed E-state index contributed by atoms with van der Waals surface area (Å²) in [6, 6.07) is -0.126. The summed E-state index contributed by atoms with van der Waals surface area (Å²) in [6.45, 7) is 4.29. The summed E-state index contributed by atoms with van der Waals surface area (Å²) in [5.74, 6) is 0.432. The Labute approximate surface area is 111 Å². The molecule has 19 heavy (non-hydrogen) atoms. The second-order valence-corrected chi connectivity index (χ2v) is 4.65. The summed E-state index contributed by atoms with van der Waals surface area (Å²) in [6.07, 6.45) is 1.80. The number of nitrogens with zero attached hydrogens (tertiary/aromatic N) is 3. The Morgan fingerprint density at radius 1 is 1.58 bits per heavy atom. The molecule has 7 heteroatoms. The molecule has 0 aromatic carbocycles. The van der Waals surface area contributed by atoms with Crippen molar-refractivity contribution in [2.24, 2.45) is 0 Å². The van der Waals surface area contributed by atoms with Crippen LogP contribution >= 0.6 is 0 Å². The number of aryl methyl sites for hydroxylation is 1. The maximum atomic E-state index is 10.8. The molecule has 0 amide bonds. The van der Waals surface area contributed by atoms with E-state index in [0.717, 1.165) is 12.8 Å². The molecule has 0 spiro atoms. The molecule has 1 aliphatic heterocycles. The largest absolute Gasteiger partial charge is 0.481 e. The summed E-state index contributed by atoms with van der Waals surface area (Å²) in [5, 5.41) is 12.8. The number of aromatic nitrogens is 2. The van der Waals surface area contributed by atoms with Gasteiger partial charge in [-0.3, -0.25) is 9.69 Å². The van der Waals surface area contributed by atoms with E-state index in [1.54, 1.807) is 0 Å². The fourth-order valence-electron chi connectivity index (χ4n) is 2.14. The maximum Gasteiger partial charge on any atom is 0.305 e. The molecule has 0 saturated carbocycles. The number of carboxylic acid groups (broad SMARTS) is 1. The Hall–Kier alpha value is -1.47. The summed E-state index contributed by atoms with van der Waals surface area (Å²) in [4.78, 5) is 17.2. The van der Waals surface area contributed by atoms with E-state index in [1.807, 2.05) is 4.90 Å². The standard InChI is InChI=1S/C12H19N3O4/c1-2-3-11-13-10(14-19-11)7-15-4-5-18-8-9(15)6-12(16)17/h9H,2-8H2,1H3,(H,16,17). The van der Waals surface area contributed by atoms with Crippen LogP contribution in [0, 0.1) is 0 Å². The van der Waals surface area contributed by atoms with Crippen LogP contribution in [0.5, 0.6) is 0 Å². The Morgan fingerprint density at radius 2 is 2.42 bits per heavy atom. The Bertz CT molecular complexity index is 421. The van der Waals surface area contributed by atoms with Crippen molar-refractivity contribution < 1.29 is 19.2 Å². The van der Waals surface area contributed by atoms with E-state index in [9.17, 15) is 4.79 Å². The third kappa shape index (κ3) is 4.00. The van der Waals surface area contributed by atoms with Crippen LogP contribution in [0.1, 0.15) is 31.5 Å². The molecule has 0 radical (unpaired) electrons. The highest BCUT2D eigenvalue weighted by Crippen LogP contribution is 2.14. The maximum absolute atomic E-state index is 10.8. The summed E-state index contributed by atoms with van der Waals surface area (Å²) < 4.78 is 10.5. The van der Waals surface area contributed by atoms with Gasteiger partial charge in [-0.05, 0) is 6.42 Å². The second-order valence-electron chi connectivity index (χ2n) is 4.65. The molecule has 1 atom stereocenters. The van der Waals surface area contributed by atoms with E-state index in [2.05, 4.69) is 17.1 Å². The number of aliphatic carboxylic acids is 1. The first-order chi connectivity index (χ1) is 9.19. The quantitative estimate of drug-likeness (QED) is 0.813. The normalized spacial score (nSPS) is 20.6. The molecule has 1 saturated heterocycles. The van der Waals surface area contributed by atoms with E-state index < -0.39 is 5.97 Å². The van der Waals surface area contributed by atoms with Crippen molar-refractivity contribution in [1.82, 2.24) is 15.0 Å². The predicted octanol–water partition coefficient (Wildman–Crippen LogP) is 0.698. The monoisotopic (exact) mass is 269 g/mol. The summed E-state index contributed by atoms with van der Waals surface area (Å²) in [5.41, 5.74) is 0. The fraction of sp³-hybridized carbons (Fsp3) is 0.750. The predicted molar refractivity (Wildman–Crippen MR) is 65.6 cm³/mol. The zero-order valence-electron chi connectivity index (χ0n) is 11.0. The van der Waals surface area contributed by atoms with Crippen molar-refractivity contribution in [1.29, 1.82) is 0 Å². The van der Waals surface area contributed by atoms with Crippen molar-refractivity contribution in [2.45, 2.75) is 38.8 Å². The summed E-state index contributed by atoms with van der Waals surface area (Å²) in [7, 11) is 0.